The van der Waals surface area contributed by atoms with E-state index in [2.05, 4.69) is 15.4 Å². The number of amides is 1. The van der Waals surface area contributed by atoms with Crippen molar-refractivity contribution in [2.24, 2.45) is 12.8 Å². The average Bonchev–Trinajstić information content (AvgIpc) is 2.70. The summed E-state index contributed by atoms with van der Waals surface area (Å²) < 4.78 is 1.60. The van der Waals surface area contributed by atoms with Crippen LogP contribution in [0.15, 0.2) is 4.79 Å². The Bertz CT molecular complexity index is 729. The van der Waals surface area contributed by atoms with Gasteiger partial charge < -0.3 is 11.1 Å². The molecule has 0 bridgehead atoms. The third kappa shape index (κ3) is 2.97. The molecule has 0 spiro atoms. The van der Waals surface area contributed by atoms with E-state index in [1.54, 1.807) is 11.7 Å². The van der Waals surface area contributed by atoms with Gasteiger partial charge in [0.25, 0.3) is 5.56 Å². The number of carbonyl (C=O) groups excluding carboxylic acids is 1. The van der Waals surface area contributed by atoms with E-state index < -0.39 is 0 Å². The van der Waals surface area contributed by atoms with Crippen molar-refractivity contribution in [3.63, 3.8) is 0 Å². The third-order valence-corrected chi connectivity index (χ3v) is 3.62. The molecule has 0 aliphatic rings. The first-order chi connectivity index (χ1) is 9.95. The molecule has 21 heavy (non-hydrogen) atoms. The molecule has 1 amide bonds. The van der Waals surface area contributed by atoms with Crippen LogP contribution in [-0.2, 0) is 18.3 Å². The van der Waals surface area contributed by atoms with Crippen LogP contribution in [0.25, 0.3) is 11.0 Å². The molecule has 0 unspecified atom stereocenters. The van der Waals surface area contributed by atoms with Crippen molar-refractivity contribution < 1.29 is 4.79 Å². The van der Waals surface area contributed by atoms with Gasteiger partial charge in [-0.15, -0.1) is 0 Å². The number of H-pyrrole nitrogens is 1. The smallest absolute Gasteiger partial charge is 0.273 e. The minimum atomic E-state index is -0.178. The monoisotopic (exact) mass is 291 g/mol. The molecule has 0 saturated heterocycles. The molecule has 0 atom stereocenters. The van der Waals surface area contributed by atoms with Gasteiger partial charge in [0, 0.05) is 19.3 Å². The Morgan fingerprint density at radius 3 is 2.81 bits per heavy atom. The maximum Gasteiger partial charge on any atom is 0.273 e. The molecule has 0 aliphatic heterocycles. The van der Waals surface area contributed by atoms with E-state index in [1.165, 1.54) is 0 Å². The van der Waals surface area contributed by atoms with Crippen molar-refractivity contribution in [2.75, 3.05) is 13.1 Å². The van der Waals surface area contributed by atoms with Crippen molar-refractivity contribution in [3.8, 4) is 0 Å². The quantitative estimate of drug-likeness (QED) is 0.668. The van der Waals surface area contributed by atoms with Crippen molar-refractivity contribution in [3.05, 3.63) is 27.2 Å². The number of pyridine rings is 1. The van der Waals surface area contributed by atoms with Crippen LogP contribution in [-0.4, -0.2) is 33.8 Å². The molecule has 7 nitrogen and oxygen atoms in total. The van der Waals surface area contributed by atoms with Crippen molar-refractivity contribution >= 4 is 16.9 Å². The van der Waals surface area contributed by atoms with Gasteiger partial charge in [-0.1, -0.05) is 0 Å². The lowest BCUT2D eigenvalue weighted by Crippen LogP contribution is -2.28. The van der Waals surface area contributed by atoms with Crippen LogP contribution in [0.1, 0.15) is 23.2 Å². The summed E-state index contributed by atoms with van der Waals surface area (Å²) in [6.45, 7) is 4.82. The van der Waals surface area contributed by atoms with E-state index in [-0.39, 0.29) is 17.9 Å². The number of carbonyl (C=O) groups is 1. The molecule has 2 aromatic heterocycles. The van der Waals surface area contributed by atoms with Crippen LogP contribution in [0.4, 0.5) is 0 Å². The van der Waals surface area contributed by atoms with Gasteiger partial charge in [0.15, 0.2) is 5.65 Å². The average molecular weight is 291 g/mol. The Kier molecular flexibility index (Phi) is 4.42. The normalized spacial score (nSPS) is 11.0. The SMILES string of the molecule is Cc1nc2c(c(C)c1CC(=O)NCCCN)c(=O)[nH]n2C. The van der Waals surface area contributed by atoms with E-state index in [9.17, 15) is 9.59 Å². The second-order valence-corrected chi connectivity index (χ2v) is 5.17. The number of hydrogen-bond donors (Lipinski definition) is 3. The zero-order valence-corrected chi connectivity index (χ0v) is 12.6. The van der Waals surface area contributed by atoms with Gasteiger partial charge in [0.05, 0.1) is 11.8 Å². The molecular formula is C14H21N5O2. The Morgan fingerprint density at radius 1 is 1.43 bits per heavy atom. The van der Waals surface area contributed by atoms with Crippen LogP contribution in [0.3, 0.4) is 0 Å². The maximum atomic E-state index is 11.9. The fourth-order valence-corrected chi connectivity index (χ4v) is 2.46. The molecule has 0 aromatic carbocycles. The minimum absolute atomic E-state index is 0.0804. The first kappa shape index (κ1) is 15.2. The highest BCUT2D eigenvalue weighted by molar-refractivity contribution is 5.84. The number of nitrogens with zero attached hydrogens (tertiary/aromatic N) is 2. The fraction of sp³-hybridized carbons (Fsp3) is 0.500. The number of fused-ring (bicyclic) bond motifs is 1. The molecule has 0 saturated carbocycles. The summed E-state index contributed by atoms with van der Waals surface area (Å²) in [6.07, 6.45) is 0.971. The van der Waals surface area contributed by atoms with E-state index in [0.717, 1.165) is 23.2 Å². The lowest BCUT2D eigenvalue weighted by Gasteiger charge is -2.10. The molecule has 2 aromatic rings. The largest absolute Gasteiger partial charge is 0.356 e. The summed E-state index contributed by atoms with van der Waals surface area (Å²) in [5.41, 5.74) is 8.22. The minimum Gasteiger partial charge on any atom is -0.356 e. The summed E-state index contributed by atoms with van der Waals surface area (Å²) in [5.74, 6) is -0.0804. The van der Waals surface area contributed by atoms with Gasteiger partial charge in [0.1, 0.15) is 0 Å². The van der Waals surface area contributed by atoms with E-state index >= 15 is 0 Å². The highest BCUT2D eigenvalue weighted by atomic mass is 16.1. The van der Waals surface area contributed by atoms with Crippen molar-refractivity contribution in [1.29, 1.82) is 0 Å². The summed E-state index contributed by atoms with van der Waals surface area (Å²) >= 11 is 0. The second kappa shape index (κ2) is 6.09. The molecule has 4 N–H and O–H groups in total. The molecule has 2 heterocycles. The summed E-state index contributed by atoms with van der Waals surface area (Å²) in [7, 11) is 1.74. The van der Waals surface area contributed by atoms with Crippen LogP contribution in [0, 0.1) is 13.8 Å². The van der Waals surface area contributed by atoms with Gasteiger partial charge >= 0.3 is 0 Å². The van der Waals surface area contributed by atoms with Crippen LogP contribution in [0.2, 0.25) is 0 Å². The number of nitrogens with two attached hydrogens (primary N) is 1. The molecular weight excluding hydrogens is 270 g/mol. The van der Waals surface area contributed by atoms with Gasteiger partial charge in [-0.05, 0) is 37.9 Å². The van der Waals surface area contributed by atoms with Gasteiger partial charge in [-0.3, -0.25) is 19.4 Å². The third-order valence-electron chi connectivity index (χ3n) is 3.62. The standard InChI is InChI=1S/C14H21N5O2/c1-8-10(7-11(20)16-6-4-5-15)9(2)17-13-12(8)14(21)18-19(13)3/h4-7,15H2,1-3H3,(H,16,20)(H,18,21). The van der Waals surface area contributed by atoms with E-state index in [1.807, 2.05) is 13.8 Å². The summed E-state index contributed by atoms with van der Waals surface area (Å²) in [6, 6.07) is 0. The molecule has 0 fully saturated rings. The zero-order chi connectivity index (χ0) is 15.6. The Hall–Kier alpha value is -2.15. The van der Waals surface area contributed by atoms with Gasteiger partial charge in [-0.25, -0.2) is 4.98 Å². The van der Waals surface area contributed by atoms with E-state index in [0.29, 0.717) is 24.1 Å². The number of aromatic nitrogens is 3. The lowest BCUT2D eigenvalue weighted by atomic mass is 10.0. The molecule has 114 valence electrons. The first-order valence-corrected chi connectivity index (χ1v) is 6.97. The predicted molar refractivity (Wildman–Crippen MR) is 81.2 cm³/mol. The number of aromatic amines is 1. The number of nitrogens with one attached hydrogen (secondary N) is 2. The van der Waals surface area contributed by atoms with Crippen molar-refractivity contribution in [2.45, 2.75) is 26.7 Å². The van der Waals surface area contributed by atoms with Crippen LogP contribution >= 0.6 is 0 Å². The Balaban J connectivity index is 2.34. The number of hydrogen-bond acceptors (Lipinski definition) is 4. The molecule has 0 radical (unpaired) electrons. The highest BCUT2D eigenvalue weighted by Gasteiger charge is 2.17. The highest BCUT2D eigenvalue weighted by Crippen LogP contribution is 2.20. The molecule has 2 rings (SSSR count). The van der Waals surface area contributed by atoms with E-state index in [4.69, 9.17) is 5.73 Å². The van der Waals surface area contributed by atoms with Gasteiger partial charge in [-0.2, -0.15) is 0 Å². The lowest BCUT2D eigenvalue weighted by molar-refractivity contribution is -0.120. The zero-order valence-electron chi connectivity index (χ0n) is 12.6. The number of rotatable bonds is 5. The molecule has 0 aliphatic carbocycles. The van der Waals surface area contributed by atoms with Crippen molar-refractivity contribution in [1.82, 2.24) is 20.1 Å². The Morgan fingerprint density at radius 2 is 2.14 bits per heavy atom. The topological polar surface area (TPSA) is 106 Å². The first-order valence-electron chi connectivity index (χ1n) is 6.97. The Labute approximate surface area is 122 Å². The van der Waals surface area contributed by atoms with Crippen LogP contribution in [0.5, 0.6) is 0 Å². The molecule has 7 heteroatoms. The summed E-state index contributed by atoms with van der Waals surface area (Å²) in [5, 5.41) is 6.06. The summed E-state index contributed by atoms with van der Waals surface area (Å²) in [4.78, 5) is 28.3. The second-order valence-electron chi connectivity index (χ2n) is 5.17. The van der Waals surface area contributed by atoms with Gasteiger partial charge in [0.2, 0.25) is 5.91 Å². The number of aryl methyl sites for hydroxylation is 3. The fourth-order valence-electron chi connectivity index (χ4n) is 2.46. The van der Waals surface area contributed by atoms with Crippen LogP contribution < -0.4 is 16.6 Å². The predicted octanol–water partition coefficient (Wildman–Crippen LogP) is -0.114. The maximum absolute atomic E-state index is 11.9.